The first-order chi connectivity index (χ1) is 13.6. The number of carbonyl (C=O) groups excluding carboxylic acids is 1. The SMILES string of the molecule is COCc1nn2c(C)c(C(=O)N3CCCCC3)nnc2c1-c1ccc(F)cc1. The first-order valence-corrected chi connectivity index (χ1v) is 9.39. The molecule has 7 nitrogen and oxygen atoms in total. The van der Waals surface area contributed by atoms with Gasteiger partial charge in [-0.2, -0.15) is 5.10 Å². The minimum Gasteiger partial charge on any atom is -0.378 e. The number of piperidine rings is 1. The predicted octanol–water partition coefficient (Wildman–Crippen LogP) is 3.01. The molecule has 0 unspecified atom stereocenters. The summed E-state index contributed by atoms with van der Waals surface area (Å²) in [5.74, 6) is -0.427. The fraction of sp³-hybridized carbons (Fsp3) is 0.400. The van der Waals surface area contributed by atoms with E-state index in [1.807, 2.05) is 11.8 Å². The lowest BCUT2D eigenvalue weighted by Crippen LogP contribution is -2.37. The van der Waals surface area contributed by atoms with Crippen molar-refractivity contribution in [3.8, 4) is 11.1 Å². The molecule has 28 heavy (non-hydrogen) atoms. The zero-order chi connectivity index (χ0) is 19.7. The topological polar surface area (TPSA) is 72.6 Å². The third-order valence-electron chi connectivity index (χ3n) is 5.10. The summed E-state index contributed by atoms with van der Waals surface area (Å²) in [4.78, 5) is 14.7. The standard InChI is InChI=1S/C20H22FN5O2/c1-13-18(20(27)25-10-4-3-5-11-25)22-23-19-17(14-6-8-15(21)9-7-14)16(12-28-2)24-26(13)19/h6-9H,3-5,10-12H2,1-2H3. The Hall–Kier alpha value is -2.87. The molecule has 1 aromatic carbocycles. The predicted molar refractivity (Wildman–Crippen MR) is 101 cm³/mol. The highest BCUT2D eigenvalue weighted by Gasteiger charge is 2.25. The van der Waals surface area contributed by atoms with Gasteiger partial charge in [-0.25, -0.2) is 8.91 Å². The van der Waals surface area contributed by atoms with Gasteiger partial charge in [-0.05, 0) is 43.9 Å². The van der Waals surface area contributed by atoms with Crippen molar-refractivity contribution in [3.05, 3.63) is 47.2 Å². The molecule has 146 valence electrons. The van der Waals surface area contributed by atoms with Gasteiger partial charge in [0.05, 0.1) is 23.6 Å². The molecular weight excluding hydrogens is 361 g/mol. The second-order valence-corrected chi connectivity index (χ2v) is 6.98. The number of benzene rings is 1. The van der Waals surface area contributed by atoms with Gasteiger partial charge in [0.15, 0.2) is 11.3 Å². The smallest absolute Gasteiger partial charge is 0.276 e. The monoisotopic (exact) mass is 383 g/mol. The molecule has 0 spiro atoms. The van der Waals surface area contributed by atoms with E-state index < -0.39 is 0 Å². The second kappa shape index (κ2) is 7.63. The summed E-state index contributed by atoms with van der Waals surface area (Å²) in [6.45, 7) is 3.57. The van der Waals surface area contributed by atoms with E-state index in [-0.39, 0.29) is 18.3 Å². The van der Waals surface area contributed by atoms with Crippen LogP contribution in [0.3, 0.4) is 0 Å². The van der Waals surface area contributed by atoms with Crippen LogP contribution in [0, 0.1) is 12.7 Å². The minimum absolute atomic E-state index is 0.112. The summed E-state index contributed by atoms with van der Waals surface area (Å²) in [6, 6.07) is 6.14. The maximum Gasteiger partial charge on any atom is 0.276 e. The van der Waals surface area contributed by atoms with Crippen molar-refractivity contribution in [1.82, 2.24) is 24.7 Å². The Bertz CT molecular complexity index is 1010. The molecule has 1 amide bonds. The molecule has 0 N–H and O–H groups in total. The third kappa shape index (κ3) is 3.24. The Morgan fingerprint density at radius 1 is 1.14 bits per heavy atom. The van der Waals surface area contributed by atoms with E-state index in [0.29, 0.717) is 22.7 Å². The number of carbonyl (C=O) groups is 1. The van der Waals surface area contributed by atoms with Crippen molar-refractivity contribution in [1.29, 1.82) is 0 Å². The Kier molecular flexibility index (Phi) is 5.04. The number of fused-ring (bicyclic) bond motifs is 1. The molecule has 1 aliphatic rings. The van der Waals surface area contributed by atoms with E-state index >= 15 is 0 Å². The van der Waals surface area contributed by atoms with Crippen LogP contribution in [0.5, 0.6) is 0 Å². The minimum atomic E-state index is -0.315. The summed E-state index contributed by atoms with van der Waals surface area (Å²) >= 11 is 0. The maximum atomic E-state index is 13.4. The number of hydrogen-bond acceptors (Lipinski definition) is 5. The molecule has 4 rings (SSSR count). The molecule has 0 aliphatic carbocycles. The van der Waals surface area contributed by atoms with Crippen molar-refractivity contribution < 1.29 is 13.9 Å². The van der Waals surface area contributed by atoms with Gasteiger partial charge in [-0.3, -0.25) is 4.79 Å². The molecule has 0 bridgehead atoms. The molecule has 2 aromatic heterocycles. The van der Waals surface area contributed by atoms with Crippen LogP contribution >= 0.6 is 0 Å². The van der Waals surface area contributed by atoms with E-state index in [2.05, 4.69) is 15.3 Å². The Morgan fingerprint density at radius 2 is 1.86 bits per heavy atom. The molecule has 3 heterocycles. The fourth-order valence-electron chi connectivity index (χ4n) is 3.64. The van der Waals surface area contributed by atoms with Crippen molar-refractivity contribution in [3.63, 3.8) is 0 Å². The van der Waals surface area contributed by atoms with Crippen LogP contribution in [0.1, 0.15) is 41.1 Å². The lowest BCUT2D eigenvalue weighted by atomic mass is 10.1. The van der Waals surface area contributed by atoms with Crippen molar-refractivity contribution >= 4 is 11.6 Å². The van der Waals surface area contributed by atoms with Crippen LogP contribution in [0.15, 0.2) is 24.3 Å². The maximum absolute atomic E-state index is 13.4. The number of aryl methyl sites for hydroxylation is 1. The average Bonchev–Trinajstić information content (AvgIpc) is 3.08. The number of nitrogens with zero attached hydrogens (tertiary/aromatic N) is 5. The van der Waals surface area contributed by atoms with Gasteiger partial charge in [0.2, 0.25) is 0 Å². The van der Waals surface area contributed by atoms with Crippen molar-refractivity contribution in [2.24, 2.45) is 0 Å². The molecule has 1 saturated heterocycles. The summed E-state index contributed by atoms with van der Waals surface area (Å²) in [7, 11) is 1.59. The quantitative estimate of drug-likeness (QED) is 0.693. The van der Waals surface area contributed by atoms with Gasteiger partial charge in [0, 0.05) is 20.2 Å². The number of methoxy groups -OCH3 is 1. The van der Waals surface area contributed by atoms with Crippen LogP contribution < -0.4 is 0 Å². The third-order valence-corrected chi connectivity index (χ3v) is 5.10. The van der Waals surface area contributed by atoms with Gasteiger partial charge in [-0.15, -0.1) is 10.2 Å². The average molecular weight is 383 g/mol. The first-order valence-electron chi connectivity index (χ1n) is 9.39. The summed E-state index contributed by atoms with van der Waals surface area (Å²) in [5.41, 5.74) is 3.62. The number of rotatable bonds is 4. The van der Waals surface area contributed by atoms with E-state index in [1.54, 1.807) is 23.8 Å². The Labute approximate surface area is 162 Å². The van der Waals surface area contributed by atoms with Crippen LogP contribution in [-0.2, 0) is 11.3 Å². The van der Waals surface area contributed by atoms with Gasteiger partial charge in [-0.1, -0.05) is 12.1 Å². The molecule has 1 aliphatic heterocycles. The van der Waals surface area contributed by atoms with Gasteiger partial charge >= 0.3 is 0 Å². The zero-order valence-corrected chi connectivity index (χ0v) is 16.0. The van der Waals surface area contributed by atoms with E-state index in [0.717, 1.165) is 43.5 Å². The largest absolute Gasteiger partial charge is 0.378 e. The van der Waals surface area contributed by atoms with Crippen LogP contribution in [0.4, 0.5) is 4.39 Å². The number of likely N-dealkylation sites (tertiary alicyclic amines) is 1. The zero-order valence-electron chi connectivity index (χ0n) is 16.0. The number of halogens is 1. The molecule has 0 atom stereocenters. The van der Waals surface area contributed by atoms with Crippen molar-refractivity contribution in [2.75, 3.05) is 20.2 Å². The number of ether oxygens (including phenoxy) is 1. The van der Waals surface area contributed by atoms with E-state index in [1.165, 1.54) is 12.1 Å². The molecule has 3 aromatic rings. The molecule has 0 radical (unpaired) electrons. The molecule has 0 saturated carbocycles. The van der Waals surface area contributed by atoms with Crippen LogP contribution in [0.2, 0.25) is 0 Å². The summed E-state index contributed by atoms with van der Waals surface area (Å²) in [6.07, 6.45) is 3.16. The second-order valence-electron chi connectivity index (χ2n) is 6.98. The van der Waals surface area contributed by atoms with Crippen molar-refractivity contribution in [2.45, 2.75) is 32.8 Å². The molecular formula is C20H22FN5O2. The number of hydrogen-bond donors (Lipinski definition) is 0. The highest BCUT2D eigenvalue weighted by molar-refractivity contribution is 5.93. The van der Waals surface area contributed by atoms with Crippen LogP contribution in [0.25, 0.3) is 16.8 Å². The fourth-order valence-corrected chi connectivity index (χ4v) is 3.64. The summed E-state index contributed by atoms with van der Waals surface area (Å²) in [5, 5.41) is 13.2. The normalized spacial score (nSPS) is 14.6. The van der Waals surface area contributed by atoms with Gasteiger partial charge in [0.1, 0.15) is 5.82 Å². The van der Waals surface area contributed by atoms with Gasteiger partial charge < -0.3 is 9.64 Å². The highest BCUT2D eigenvalue weighted by atomic mass is 19.1. The number of amides is 1. The lowest BCUT2D eigenvalue weighted by molar-refractivity contribution is 0.0715. The van der Waals surface area contributed by atoms with E-state index in [9.17, 15) is 9.18 Å². The summed E-state index contributed by atoms with van der Waals surface area (Å²) < 4.78 is 20.3. The first kappa shape index (κ1) is 18.5. The number of aromatic nitrogens is 4. The Morgan fingerprint density at radius 3 is 2.54 bits per heavy atom. The Balaban J connectivity index is 1.82. The molecule has 1 fully saturated rings. The molecule has 8 heteroatoms. The highest BCUT2D eigenvalue weighted by Crippen LogP contribution is 2.29. The lowest BCUT2D eigenvalue weighted by Gasteiger charge is -2.26. The van der Waals surface area contributed by atoms with Crippen LogP contribution in [-0.4, -0.2) is 50.8 Å². The van der Waals surface area contributed by atoms with Gasteiger partial charge in [0.25, 0.3) is 5.91 Å². The van der Waals surface area contributed by atoms with E-state index in [4.69, 9.17) is 4.74 Å².